The van der Waals surface area contributed by atoms with Crippen LogP contribution in [0.4, 0.5) is 0 Å². The van der Waals surface area contributed by atoms with Gasteiger partial charge in [-0.2, -0.15) is 0 Å². The predicted molar refractivity (Wildman–Crippen MR) is 44.0 cm³/mol. The largest absolute Gasteiger partial charge is 0.479 e. The van der Waals surface area contributed by atoms with Gasteiger partial charge in [0.05, 0.1) is 6.61 Å². The molecule has 0 amide bonds. The number of hydrogen-bond acceptors (Lipinski definition) is 3. The van der Waals surface area contributed by atoms with Gasteiger partial charge in [-0.25, -0.2) is 4.79 Å². The van der Waals surface area contributed by atoms with Crippen molar-refractivity contribution in [2.45, 2.75) is 12.0 Å². The maximum atomic E-state index is 10.9. The molecule has 1 aliphatic heterocycles. The van der Waals surface area contributed by atoms with Crippen molar-refractivity contribution in [3.05, 3.63) is 12.7 Å². The monoisotopic (exact) mass is 171 g/mol. The number of carboxylic acids is 1. The molecular formula is C8H13NO3. The quantitative estimate of drug-likeness (QED) is 0.587. The molecular weight excluding hydrogens is 158 g/mol. The highest BCUT2D eigenvalue weighted by Gasteiger charge is 2.39. The lowest BCUT2D eigenvalue weighted by Gasteiger charge is -2.32. The molecule has 68 valence electrons. The summed E-state index contributed by atoms with van der Waals surface area (Å²) in [6.45, 7) is 5.03. The second-order valence-corrected chi connectivity index (χ2v) is 2.82. The van der Waals surface area contributed by atoms with Crippen LogP contribution in [0.25, 0.3) is 0 Å². The molecule has 1 saturated heterocycles. The second-order valence-electron chi connectivity index (χ2n) is 2.82. The van der Waals surface area contributed by atoms with Crippen LogP contribution in [-0.4, -0.2) is 36.4 Å². The Labute approximate surface area is 71.2 Å². The first-order valence-electron chi connectivity index (χ1n) is 3.90. The van der Waals surface area contributed by atoms with Crippen molar-refractivity contribution >= 4 is 5.97 Å². The predicted octanol–water partition coefficient (Wildman–Crippen LogP) is 0.00570. The molecule has 0 spiro atoms. The lowest BCUT2D eigenvalue weighted by Crippen LogP contribution is -2.54. The Morgan fingerprint density at radius 3 is 3.00 bits per heavy atom. The lowest BCUT2D eigenvalue weighted by molar-refractivity contribution is -0.168. The highest BCUT2D eigenvalue weighted by Crippen LogP contribution is 2.18. The van der Waals surface area contributed by atoms with E-state index in [0.29, 0.717) is 26.1 Å². The number of nitrogens with one attached hydrogen (secondary N) is 1. The maximum Gasteiger partial charge on any atom is 0.337 e. The van der Waals surface area contributed by atoms with E-state index in [1.807, 2.05) is 0 Å². The Hall–Kier alpha value is -0.870. The van der Waals surface area contributed by atoms with Gasteiger partial charge in [0.25, 0.3) is 0 Å². The number of aliphatic carboxylic acids is 1. The molecule has 1 heterocycles. The Kier molecular flexibility index (Phi) is 2.83. The Bertz CT molecular complexity index is 185. The van der Waals surface area contributed by atoms with E-state index in [-0.39, 0.29) is 0 Å². The molecule has 0 bridgehead atoms. The molecule has 1 unspecified atom stereocenters. The summed E-state index contributed by atoms with van der Waals surface area (Å²) in [6.07, 6.45) is 1.91. The minimum atomic E-state index is -1.08. The summed E-state index contributed by atoms with van der Waals surface area (Å²) in [5.41, 5.74) is -1.08. The summed E-state index contributed by atoms with van der Waals surface area (Å²) in [4.78, 5) is 10.9. The van der Waals surface area contributed by atoms with Gasteiger partial charge in [0, 0.05) is 19.5 Å². The number of rotatable bonds is 3. The first-order valence-corrected chi connectivity index (χ1v) is 3.90. The number of ether oxygens (including phenoxy) is 1. The average molecular weight is 171 g/mol. The summed E-state index contributed by atoms with van der Waals surface area (Å²) >= 11 is 0. The molecule has 4 heteroatoms. The third-order valence-electron chi connectivity index (χ3n) is 1.93. The van der Waals surface area contributed by atoms with Crippen molar-refractivity contribution in [3.63, 3.8) is 0 Å². The Balaban J connectivity index is 2.69. The fourth-order valence-electron chi connectivity index (χ4n) is 1.25. The van der Waals surface area contributed by atoms with Crippen molar-refractivity contribution in [1.82, 2.24) is 5.32 Å². The molecule has 0 aromatic heterocycles. The summed E-state index contributed by atoms with van der Waals surface area (Å²) in [7, 11) is 0. The highest BCUT2D eigenvalue weighted by atomic mass is 16.5. The fourth-order valence-corrected chi connectivity index (χ4v) is 1.25. The van der Waals surface area contributed by atoms with E-state index < -0.39 is 11.6 Å². The van der Waals surface area contributed by atoms with Crippen molar-refractivity contribution in [1.29, 1.82) is 0 Å². The lowest BCUT2D eigenvalue weighted by atomic mass is 9.98. The molecule has 0 radical (unpaired) electrons. The van der Waals surface area contributed by atoms with Gasteiger partial charge in [0.1, 0.15) is 0 Å². The zero-order chi connectivity index (χ0) is 9.03. The van der Waals surface area contributed by atoms with E-state index in [1.165, 1.54) is 0 Å². The highest BCUT2D eigenvalue weighted by molar-refractivity contribution is 5.78. The third-order valence-corrected chi connectivity index (χ3v) is 1.93. The summed E-state index contributed by atoms with van der Waals surface area (Å²) in [6, 6.07) is 0. The minimum absolute atomic E-state index is 0.343. The van der Waals surface area contributed by atoms with Gasteiger partial charge in [-0.15, -0.1) is 6.58 Å². The van der Waals surface area contributed by atoms with Crippen LogP contribution < -0.4 is 5.32 Å². The minimum Gasteiger partial charge on any atom is -0.479 e. The van der Waals surface area contributed by atoms with Gasteiger partial charge in [0.15, 0.2) is 5.60 Å². The maximum absolute atomic E-state index is 10.9. The zero-order valence-corrected chi connectivity index (χ0v) is 6.88. The van der Waals surface area contributed by atoms with E-state index in [2.05, 4.69) is 11.9 Å². The Morgan fingerprint density at radius 2 is 2.58 bits per heavy atom. The SMILES string of the molecule is C=CCC1(C(=O)O)CNCCO1. The first-order chi connectivity index (χ1) is 5.71. The molecule has 1 rings (SSSR count). The van der Waals surface area contributed by atoms with E-state index >= 15 is 0 Å². The van der Waals surface area contributed by atoms with Crippen molar-refractivity contribution in [2.24, 2.45) is 0 Å². The van der Waals surface area contributed by atoms with Crippen LogP contribution in [0.1, 0.15) is 6.42 Å². The van der Waals surface area contributed by atoms with Crippen molar-refractivity contribution < 1.29 is 14.6 Å². The van der Waals surface area contributed by atoms with Crippen molar-refractivity contribution in [2.75, 3.05) is 19.7 Å². The van der Waals surface area contributed by atoms with Gasteiger partial charge >= 0.3 is 5.97 Å². The van der Waals surface area contributed by atoms with Crippen molar-refractivity contribution in [3.8, 4) is 0 Å². The van der Waals surface area contributed by atoms with E-state index in [1.54, 1.807) is 6.08 Å². The topological polar surface area (TPSA) is 58.6 Å². The standard InChI is InChI=1S/C8H13NO3/c1-2-3-8(7(10)11)6-9-4-5-12-8/h2,9H,1,3-6H2,(H,10,11). The van der Waals surface area contributed by atoms with Gasteiger partial charge in [0.2, 0.25) is 0 Å². The normalized spacial score (nSPS) is 29.7. The molecule has 0 aliphatic carbocycles. The summed E-state index contributed by atoms with van der Waals surface area (Å²) in [5.74, 6) is -0.922. The molecule has 4 nitrogen and oxygen atoms in total. The van der Waals surface area contributed by atoms with Gasteiger partial charge < -0.3 is 15.2 Å². The number of hydrogen-bond donors (Lipinski definition) is 2. The van der Waals surface area contributed by atoms with E-state index in [9.17, 15) is 4.79 Å². The van der Waals surface area contributed by atoms with Crippen LogP contribution in [0, 0.1) is 0 Å². The molecule has 0 aromatic rings. The van der Waals surface area contributed by atoms with Crippen LogP contribution in [0.3, 0.4) is 0 Å². The number of carboxylic acid groups (broad SMARTS) is 1. The third kappa shape index (κ3) is 1.65. The van der Waals surface area contributed by atoms with Crippen LogP contribution >= 0.6 is 0 Å². The smallest absolute Gasteiger partial charge is 0.337 e. The van der Waals surface area contributed by atoms with Crippen LogP contribution in [-0.2, 0) is 9.53 Å². The first kappa shape index (κ1) is 9.22. The molecule has 1 atom stereocenters. The molecule has 1 aliphatic rings. The summed E-state index contributed by atoms with van der Waals surface area (Å²) in [5, 5.41) is 11.9. The Morgan fingerprint density at radius 1 is 1.83 bits per heavy atom. The van der Waals surface area contributed by atoms with Gasteiger partial charge in [-0.1, -0.05) is 6.08 Å². The number of carbonyl (C=O) groups is 1. The fraction of sp³-hybridized carbons (Fsp3) is 0.625. The van der Waals surface area contributed by atoms with Crippen LogP contribution in [0.5, 0.6) is 0 Å². The molecule has 12 heavy (non-hydrogen) atoms. The molecule has 0 aromatic carbocycles. The molecule has 2 N–H and O–H groups in total. The number of morpholine rings is 1. The molecule has 0 saturated carbocycles. The average Bonchev–Trinajstić information content (AvgIpc) is 2.06. The van der Waals surface area contributed by atoms with Crippen LogP contribution in [0.2, 0.25) is 0 Å². The zero-order valence-electron chi connectivity index (χ0n) is 6.88. The van der Waals surface area contributed by atoms with E-state index in [0.717, 1.165) is 0 Å². The molecule has 1 fully saturated rings. The second kappa shape index (κ2) is 3.69. The van der Waals surface area contributed by atoms with Crippen LogP contribution in [0.15, 0.2) is 12.7 Å². The summed E-state index contributed by atoms with van der Waals surface area (Å²) < 4.78 is 5.23. The van der Waals surface area contributed by atoms with Gasteiger partial charge in [-0.05, 0) is 0 Å². The van der Waals surface area contributed by atoms with Gasteiger partial charge in [-0.3, -0.25) is 0 Å². The van der Waals surface area contributed by atoms with E-state index in [4.69, 9.17) is 9.84 Å².